The lowest BCUT2D eigenvalue weighted by Gasteiger charge is -2.21. The molecule has 94 valence electrons. The molecule has 0 saturated carbocycles. The number of hydrogen-bond acceptors (Lipinski definition) is 3. The normalized spacial score (nSPS) is 10.6. The molecule has 1 rings (SSSR count). The molecule has 0 aliphatic carbocycles. The highest BCUT2D eigenvalue weighted by molar-refractivity contribution is 8.00. The Bertz CT molecular complexity index is 389. The molecular formula is C12H17ClN2OS. The van der Waals surface area contributed by atoms with Crippen LogP contribution in [0.5, 0.6) is 0 Å². The van der Waals surface area contributed by atoms with E-state index >= 15 is 0 Å². The van der Waals surface area contributed by atoms with Gasteiger partial charge in [0.15, 0.2) is 0 Å². The number of amides is 1. The second-order valence-corrected chi connectivity index (χ2v) is 5.44. The number of nitrogen functional groups attached to an aromatic ring is 1. The fourth-order valence-electron chi connectivity index (χ4n) is 1.20. The molecule has 0 radical (unpaired) electrons. The van der Waals surface area contributed by atoms with Crippen molar-refractivity contribution in [2.45, 2.75) is 24.8 Å². The van der Waals surface area contributed by atoms with Gasteiger partial charge in [0.2, 0.25) is 5.91 Å². The zero-order valence-corrected chi connectivity index (χ0v) is 11.8. The lowest BCUT2D eigenvalue weighted by atomic mass is 10.3. The summed E-state index contributed by atoms with van der Waals surface area (Å²) in [5.74, 6) is 0.423. The molecule has 2 N–H and O–H groups in total. The average molecular weight is 273 g/mol. The first-order valence-corrected chi connectivity index (χ1v) is 6.72. The van der Waals surface area contributed by atoms with E-state index in [-0.39, 0.29) is 11.9 Å². The Balaban J connectivity index is 2.65. The summed E-state index contributed by atoms with van der Waals surface area (Å²) in [7, 11) is 1.80. The number of nitrogens with zero attached hydrogens (tertiary/aromatic N) is 1. The number of nitrogens with two attached hydrogens (primary N) is 1. The van der Waals surface area contributed by atoms with Gasteiger partial charge in [-0.2, -0.15) is 0 Å². The highest BCUT2D eigenvalue weighted by Gasteiger charge is 2.14. The molecular weight excluding hydrogens is 256 g/mol. The summed E-state index contributed by atoms with van der Waals surface area (Å²) in [5.41, 5.74) is 6.43. The van der Waals surface area contributed by atoms with Crippen molar-refractivity contribution in [3.63, 3.8) is 0 Å². The minimum Gasteiger partial charge on any atom is -0.398 e. The Hall–Kier alpha value is -0.870. The standard InChI is InChI=1S/C12H17ClN2OS/c1-8(2)15(3)11(16)7-17-12-9(13)5-4-6-10(12)14/h4-6,8H,7,14H2,1-3H3. The predicted molar refractivity (Wildman–Crippen MR) is 74.5 cm³/mol. The molecule has 0 aromatic heterocycles. The van der Waals surface area contributed by atoms with Crippen molar-refractivity contribution in [2.24, 2.45) is 0 Å². The van der Waals surface area contributed by atoms with E-state index in [1.54, 1.807) is 30.1 Å². The lowest BCUT2D eigenvalue weighted by Crippen LogP contribution is -2.34. The summed E-state index contributed by atoms with van der Waals surface area (Å²) in [5, 5.41) is 0.593. The molecule has 0 spiro atoms. The fourth-order valence-corrected chi connectivity index (χ4v) is 2.46. The molecule has 3 nitrogen and oxygen atoms in total. The minimum atomic E-state index is 0.0734. The van der Waals surface area contributed by atoms with Crippen LogP contribution in [0.25, 0.3) is 0 Å². The third-order valence-electron chi connectivity index (χ3n) is 2.51. The highest BCUT2D eigenvalue weighted by atomic mass is 35.5. The Morgan fingerprint density at radius 3 is 2.71 bits per heavy atom. The number of thioether (sulfide) groups is 1. The van der Waals surface area contributed by atoms with E-state index in [1.807, 2.05) is 13.8 Å². The number of rotatable bonds is 4. The van der Waals surface area contributed by atoms with Gasteiger partial charge in [-0.25, -0.2) is 0 Å². The summed E-state index contributed by atoms with van der Waals surface area (Å²) < 4.78 is 0. The Morgan fingerprint density at radius 2 is 2.18 bits per heavy atom. The molecule has 0 heterocycles. The summed E-state index contributed by atoms with van der Waals surface area (Å²) in [6, 6.07) is 5.55. The smallest absolute Gasteiger partial charge is 0.232 e. The maximum Gasteiger partial charge on any atom is 0.232 e. The fraction of sp³-hybridized carbons (Fsp3) is 0.417. The maximum absolute atomic E-state index is 11.8. The van der Waals surface area contributed by atoms with Gasteiger partial charge < -0.3 is 10.6 Å². The maximum atomic E-state index is 11.8. The van der Waals surface area contributed by atoms with Crippen LogP contribution in [-0.4, -0.2) is 29.6 Å². The van der Waals surface area contributed by atoms with Gasteiger partial charge in [-0.1, -0.05) is 17.7 Å². The average Bonchev–Trinajstić information content (AvgIpc) is 2.26. The molecule has 17 heavy (non-hydrogen) atoms. The molecule has 0 aliphatic rings. The molecule has 1 amide bonds. The first-order chi connectivity index (χ1) is 7.93. The van der Waals surface area contributed by atoms with Gasteiger partial charge in [-0.15, -0.1) is 11.8 Å². The minimum absolute atomic E-state index is 0.0734. The topological polar surface area (TPSA) is 46.3 Å². The molecule has 1 aromatic carbocycles. The number of anilines is 1. The van der Waals surface area contributed by atoms with E-state index in [1.165, 1.54) is 11.8 Å². The first-order valence-electron chi connectivity index (χ1n) is 5.36. The summed E-state index contributed by atoms with van der Waals surface area (Å²) in [6.45, 7) is 3.96. The van der Waals surface area contributed by atoms with E-state index in [2.05, 4.69) is 0 Å². The Morgan fingerprint density at radius 1 is 1.53 bits per heavy atom. The predicted octanol–water partition coefficient (Wildman–Crippen LogP) is 2.88. The quantitative estimate of drug-likeness (QED) is 0.677. The van der Waals surface area contributed by atoms with Crippen LogP contribution in [0.3, 0.4) is 0 Å². The lowest BCUT2D eigenvalue weighted by molar-refractivity contribution is -0.128. The summed E-state index contributed by atoms with van der Waals surface area (Å²) >= 11 is 7.41. The third-order valence-corrected chi connectivity index (χ3v) is 4.07. The number of benzene rings is 1. The second kappa shape index (κ2) is 6.17. The van der Waals surface area contributed by atoms with Crippen molar-refractivity contribution in [3.8, 4) is 0 Å². The molecule has 0 bridgehead atoms. The molecule has 5 heteroatoms. The van der Waals surface area contributed by atoms with Gasteiger partial charge in [-0.3, -0.25) is 4.79 Å². The van der Waals surface area contributed by atoms with Crippen LogP contribution in [0.4, 0.5) is 5.69 Å². The van der Waals surface area contributed by atoms with E-state index in [0.29, 0.717) is 16.5 Å². The van der Waals surface area contributed by atoms with Crippen LogP contribution in [0, 0.1) is 0 Å². The van der Waals surface area contributed by atoms with Crippen molar-refractivity contribution >= 4 is 35.0 Å². The van der Waals surface area contributed by atoms with Gasteiger partial charge in [0.25, 0.3) is 0 Å². The second-order valence-electron chi connectivity index (χ2n) is 4.05. The van der Waals surface area contributed by atoms with E-state index in [9.17, 15) is 4.79 Å². The van der Waals surface area contributed by atoms with Gasteiger partial charge in [0, 0.05) is 23.7 Å². The number of carbonyl (C=O) groups is 1. The van der Waals surface area contributed by atoms with Gasteiger partial charge in [0.1, 0.15) is 0 Å². The van der Waals surface area contributed by atoms with Crippen LogP contribution in [-0.2, 0) is 4.79 Å². The van der Waals surface area contributed by atoms with Crippen molar-refractivity contribution in [1.82, 2.24) is 4.90 Å². The summed E-state index contributed by atoms with van der Waals surface area (Å²) in [6.07, 6.45) is 0. The number of carbonyl (C=O) groups excluding carboxylic acids is 1. The van der Waals surface area contributed by atoms with Crippen LogP contribution in [0.2, 0.25) is 5.02 Å². The largest absolute Gasteiger partial charge is 0.398 e. The van der Waals surface area contributed by atoms with Gasteiger partial charge in [0.05, 0.1) is 10.8 Å². The van der Waals surface area contributed by atoms with E-state index in [4.69, 9.17) is 17.3 Å². The van der Waals surface area contributed by atoms with Crippen LogP contribution in [0.15, 0.2) is 23.1 Å². The monoisotopic (exact) mass is 272 g/mol. The molecule has 0 fully saturated rings. The van der Waals surface area contributed by atoms with Gasteiger partial charge >= 0.3 is 0 Å². The summed E-state index contributed by atoms with van der Waals surface area (Å²) in [4.78, 5) is 14.3. The van der Waals surface area contributed by atoms with E-state index < -0.39 is 0 Å². The number of hydrogen-bond donors (Lipinski definition) is 1. The zero-order chi connectivity index (χ0) is 13.0. The highest BCUT2D eigenvalue weighted by Crippen LogP contribution is 2.32. The first kappa shape index (κ1) is 14.2. The van der Waals surface area contributed by atoms with Crippen LogP contribution in [0.1, 0.15) is 13.8 Å². The third kappa shape index (κ3) is 3.82. The molecule has 0 aliphatic heterocycles. The molecule has 0 atom stereocenters. The van der Waals surface area contributed by atoms with Crippen molar-refractivity contribution < 1.29 is 4.79 Å². The van der Waals surface area contributed by atoms with Crippen molar-refractivity contribution in [3.05, 3.63) is 23.2 Å². The number of halogens is 1. The molecule has 1 aromatic rings. The van der Waals surface area contributed by atoms with Crippen molar-refractivity contribution in [2.75, 3.05) is 18.5 Å². The molecule has 0 unspecified atom stereocenters. The Kier molecular flexibility index (Phi) is 5.15. The van der Waals surface area contributed by atoms with Crippen LogP contribution >= 0.6 is 23.4 Å². The molecule has 0 saturated heterocycles. The van der Waals surface area contributed by atoms with Gasteiger partial charge in [-0.05, 0) is 26.0 Å². The zero-order valence-electron chi connectivity index (χ0n) is 10.2. The Labute approximate surface area is 111 Å². The van der Waals surface area contributed by atoms with E-state index in [0.717, 1.165) is 4.90 Å². The van der Waals surface area contributed by atoms with Crippen molar-refractivity contribution in [1.29, 1.82) is 0 Å². The van der Waals surface area contributed by atoms with Crippen LogP contribution < -0.4 is 5.73 Å². The SMILES string of the molecule is CC(C)N(C)C(=O)CSc1c(N)cccc1Cl.